The molecule has 0 saturated carbocycles. The van der Waals surface area contributed by atoms with E-state index in [4.69, 9.17) is 0 Å². The van der Waals surface area contributed by atoms with Gasteiger partial charge in [-0.05, 0) is 50.0 Å². The van der Waals surface area contributed by atoms with Gasteiger partial charge in [0.15, 0.2) is 0 Å². The summed E-state index contributed by atoms with van der Waals surface area (Å²) in [5.41, 5.74) is 1.16. The van der Waals surface area contributed by atoms with Crippen molar-refractivity contribution >= 4 is 33.5 Å². The van der Waals surface area contributed by atoms with Crippen molar-refractivity contribution in [1.82, 2.24) is 19.2 Å². The molecule has 0 radical (unpaired) electrons. The Morgan fingerprint density at radius 3 is 2.62 bits per heavy atom. The number of hydrogen-bond donors (Lipinski definition) is 2. The highest BCUT2D eigenvalue weighted by Gasteiger charge is 2.20. The number of nitrogens with one attached hydrogen (secondary N) is 2. The Kier molecular flexibility index (Phi) is 5.74. The molecule has 2 N–H and O–H groups in total. The molecule has 1 aromatic carbocycles. The second-order valence-corrected chi connectivity index (χ2v) is 7.88. The number of rotatable bonds is 4. The van der Waals surface area contributed by atoms with Gasteiger partial charge in [-0.15, -0.1) is 12.4 Å². The number of halogens is 1. The first kappa shape index (κ1) is 19.0. The summed E-state index contributed by atoms with van der Waals surface area (Å²) < 4.78 is 30.6. The van der Waals surface area contributed by atoms with Crippen molar-refractivity contribution in [2.24, 2.45) is 20.0 Å². The fourth-order valence-corrected chi connectivity index (χ4v) is 4.20. The molecule has 3 rings (SSSR count). The van der Waals surface area contributed by atoms with Gasteiger partial charge in [0.25, 0.3) is 0 Å². The molecule has 1 atom stereocenters. The summed E-state index contributed by atoms with van der Waals surface area (Å²) in [5, 5.41) is 3.28. The quantitative estimate of drug-likeness (QED) is 0.819. The Morgan fingerprint density at radius 1 is 1.25 bits per heavy atom. The summed E-state index contributed by atoms with van der Waals surface area (Å²) in [4.78, 5) is 12.1. The van der Waals surface area contributed by atoms with Crippen molar-refractivity contribution in [2.75, 3.05) is 19.6 Å². The molecule has 1 aromatic heterocycles. The van der Waals surface area contributed by atoms with E-state index in [0.717, 1.165) is 25.9 Å². The molecule has 0 spiro atoms. The molecule has 1 fully saturated rings. The summed E-state index contributed by atoms with van der Waals surface area (Å²) in [6.45, 7) is 2.28. The highest BCUT2D eigenvalue weighted by Crippen LogP contribution is 2.18. The predicted octanol–water partition coefficient (Wildman–Crippen LogP) is 0.577. The van der Waals surface area contributed by atoms with Gasteiger partial charge in [0.1, 0.15) is 0 Å². The molecular weight excluding hydrogens is 352 g/mol. The van der Waals surface area contributed by atoms with Gasteiger partial charge in [-0.2, -0.15) is 0 Å². The van der Waals surface area contributed by atoms with E-state index in [9.17, 15) is 13.2 Å². The molecule has 134 valence electrons. The van der Waals surface area contributed by atoms with Gasteiger partial charge >= 0.3 is 5.69 Å². The minimum atomic E-state index is -3.57. The first-order chi connectivity index (χ1) is 10.9. The number of nitrogens with zero attached hydrogens (tertiary/aromatic N) is 2. The average Bonchev–Trinajstić information content (AvgIpc) is 2.78. The maximum Gasteiger partial charge on any atom is 0.328 e. The smallest absolute Gasteiger partial charge is 0.316 e. The monoisotopic (exact) mass is 374 g/mol. The van der Waals surface area contributed by atoms with Crippen molar-refractivity contribution in [3.63, 3.8) is 0 Å². The van der Waals surface area contributed by atoms with Crippen LogP contribution in [-0.2, 0) is 24.1 Å². The predicted molar refractivity (Wildman–Crippen MR) is 96.2 cm³/mol. The maximum atomic E-state index is 12.5. The second kappa shape index (κ2) is 7.26. The Morgan fingerprint density at radius 2 is 1.96 bits per heavy atom. The summed E-state index contributed by atoms with van der Waals surface area (Å²) in [6, 6.07) is 4.77. The maximum absolute atomic E-state index is 12.5. The number of sulfonamides is 1. The molecular formula is C15H23ClN4O3S. The van der Waals surface area contributed by atoms with Crippen LogP contribution in [0.1, 0.15) is 12.8 Å². The van der Waals surface area contributed by atoms with Crippen molar-refractivity contribution < 1.29 is 8.42 Å². The molecule has 1 aliphatic rings. The number of hydrogen-bond acceptors (Lipinski definition) is 4. The van der Waals surface area contributed by atoms with Gasteiger partial charge < -0.3 is 5.32 Å². The topological polar surface area (TPSA) is 85.1 Å². The number of aryl methyl sites for hydroxylation is 2. The normalized spacial score (nSPS) is 18.5. The number of piperidine rings is 1. The zero-order chi connectivity index (χ0) is 16.6. The molecule has 2 aromatic rings. The fraction of sp³-hybridized carbons (Fsp3) is 0.533. The Balaban J connectivity index is 0.00000208. The van der Waals surface area contributed by atoms with E-state index >= 15 is 0 Å². The van der Waals surface area contributed by atoms with E-state index in [2.05, 4.69) is 10.0 Å². The summed E-state index contributed by atoms with van der Waals surface area (Å²) in [5.74, 6) is 0.323. The zero-order valence-corrected chi connectivity index (χ0v) is 15.4. The lowest BCUT2D eigenvalue weighted by atomic mass is 10.0. The molecule has 24 heavy (non-hydrogen) atoms. The highest BCUT2D eigenvalue weighted by atomic mass is 35.5. The lowest BCUT2D eigenvalue weighted by Crippen LogP contribution is -2.38. The molecule has 1 saturated heterocycles. The van der Waals surface area contributed by atoms with Crippen LogP contribution in [-0.4, -0.2) is 37.2 Å². The van der Waals surface area contributed by atoms with Crippen molar-refractivity contribution in [3.8, 4) is 0 Å². The zero-order valence-electron chi connectivity index (χ0n) is 13.8. The third-order valence-corrected chi connectivity index (χ3v) is 5.94. The van der Waals surface area contributed by atoms with Gasteiger partial charge in [0, 0.05) is 20.6 Å². The standard InChI is InChI=1S/C15H22N4O3S.ClH/c1-18-13-6-5-12(8-14(13)19(2)15(18)20)23(21,22)17-10-11-4-3-7-16-9-11;/h5-6,8,11,16-17H,3-4,7,9-10H2,1-2H3;1H. The fourth-order valence-electron chi connectivity index (χ4n) is 3.06. The van der Waals surface area contributed by atoms with E-state index in [0.29, 0.717) is 23.5 Å². The number of imidazole rings is 1. The van der Waals surface area contributed by atoms with Crippen molar-refractivity contribution in [1.29, 1.82) is 0 Å². The molecule has 1 unspecified atom stereocenters. The van der Waals surface area contributed by atoms with Crippen LogP contribution in [0.3, 0.4) is 0 Å². The number of benzene rings is 1. The number of aromatic nitrogens is 2. The first-order valence-electron chi connectivity index (χ1n) is 7.76. The van der Waals surface area contributed by atoms with Gasteiger partial charge in [0.2, 0.25) is 10.0 Å². The van der Waals surface area contributed by atoms with Gasteiger partial charge in [-0.3, -0.25) is 9.13 Å². The molecule has 0 amide bonds. The number of fused-ring (bicyclic) bond motifs is 1. The Hall–Kier alpha value is -1.35. The molecule has 7 nitrogen and oxygen atoms in total. The van der Waals surface area contributed by atoms with Gasteiger partial charge in [-0.25, -0.2) is 17.9 Å². The van der Waals surface area contributed by atoms with E-state index in [1.807, 2.05) is 0 Å². The van der Waals surface area contributed by atoms with Crippen LogP contribution in [0.4, 0.5) is 0 Å². The van der Waals surface area contributed by atoms with Crippen LogP contribution >= 0.6 is 12.4 Å². The Labute approximate surface area is 147 Å². The minimum absolute atomic E-state index is 0. The lowest BCUT2D eigenvalue weighted by molar-refractivity contribution is 0.376. The molecule has 0 bridgehead atoms. The van der Waals surface area contributed by atoms with E-state index < -0.39 is 10.0 Å². The molecule has 0 aliphatic carbocycles. The van der Waals surface area contributed by atoms with Gasteiger partial charge in [0.05, 0.1) is 15.9 Å². The van der Waals surface area contributed by atoms with Crippen molar-refractivity contribution in [3.05, 3.63) is 28.7 Å². The SMILES string of the molecule is Cl.Cn1c(=O)n(C)c2cc(S(=O)(=O)NCC3CCCNC3)ccc21. The van der Waals surface area contributed by atoms with Crippen LogP contribution in [0.5, 0.6) is 0 Å². The summed E-state index contributed by atoms with van der Waals surface area (Å²) in [6.07, 6.45) is 2.10. The minimum Gasteiger partial charge on any atom is -0.316 e. The average molecular weight is 375 g/mol. The van der Waals surface area contributed by atoms with E-state index in [1.54, 1.807) is 32.3 Å². The van der Waals surface area contributed by atoms with E-state index in [-0.39, 0.29) is 23.0 Å². The molecule has 9 heteroatoms. The molecule has 1 aliphatic heterocycles. The highest BCUT2D eigenvalue weighted by molar-refractivity contribution is 7.89. The van der Waals surface area contributed by atoms with Crippen LogP contribution in [0, 0.1) is 5.92 Å². The van der Waals surface area contributed by atoms with Crippen molar-refractivity contribution in [2.45, 2.75) is 17.7 Å². The van der Waals surface area contributed by atoms with Crippen LogP contribution in [0.2, 0.25) is 0 Å². The van der Waals surface area contributed by atoms with E-state index in [1.165, 1.54) is 9.13 Å². The Bertz CT molecular complexity index is 882. The first-order valence-corrected chi connectivity index (χ1v) is 9.24. The lowest BCUT2D eigenvalue weighted by Gasteiger charge is -2.22. The second-order valence-electron chi connectivity index (χ2n) is 6.12. The summed E-state index contributed by atoms with van der Waals surface area (Å²) >= 11 is 0. The van der Waals surface area contributed by atoms with Crippen LogP contribution < -0.4 is 15.7 Å². The van der Waals surface area contributed by atoms with Crippen LogP contribution in [0.25, 0.3) is 11.0 Å². The summed E-state index contributed by atoms with van der Waals surface area (Å²) in [7, 11) is -0.259. The third-order valence-electron chi connectivity index (χ3n) is 4.51. The van der Waals surface area contributed by atoms with Gasteiger partial charge in [-0.1, -0.05) is 0 Å². The largest absolute Gasteiger partial charge is 0.328 e. The molecule has 2 heterocycles. The van der Waals surface area contributed by atoms with Crippen LogP contribution in [0.15, 0.2) is 27.9 Å². The third kappa shape index (κ3) is 3.51.